The van der Waals surface area contributed by atoms with Gasteiger partial charge in [-0.2, -0.15) is 4.31 Å². The Labute approximate surface area is 190 Å². The molecule has 2 saturated heterocycles. The van der Waals surface area contributed by atoms with Crippen molar-refractivity contribution in [2.75, 3.05) is 26.2 Å². The molecule has 0 unspecified atom stereocenters. The number of nitrogens with zero attached hydrogens (tertiary/aromatic N) is 2. The molecule has 1 aromatic carbocycles. The zero-order chi connectivity index (χ0) is 23.3. The lowest BCUT2D eigenvalue weighted by Gasteiger charge is -2.31. The number of likely N-dealkylation sites (tertiary alicyclic amines) is 1. The molecule has 0 saturated carbocycles. The zero-order valence-electron chi connectivity index (χ0n) is 18.8. The Hall–Kier alpha value is -2.26. The van der Waals surface area contributed by atoms with Crippen LogP contribution < -0.4 is 0 Å². The number of ether oxygens (including phenoxy) is 1. The lowest BCUT2D eigenvalue weighted by atomic mass is 9.98. The average molecular weight is 465 g/mol. The molecule has 1 atom stereocenters. The number of ketones is 1. The Morgan fingerprint density at radius 3 is 2.22 bits per heavy atom. The van der Waals surface area contributed by atoms with Crippen molar-refractivity contribution in [3.05, 3.63) is 29.8 Å². The molecule has 2 fully saturated rings. The third-order valence-electron chi connectivity index (χ3n) is 6.22. The molecule has 8 nitrogen and oxygen atoms in total. The highest BCUT2D eigenvalue weighted by molar-refractivity contribution is 7.89. The van der Waals surface area contributed by atoms with Crippen LogP contribution in [-0.2, 0) is 24.3 Å². The van der Waals surface area contributed by atoms with Gasteiger partial charge in [-0.3, -0.25) is 14.4 Å². The number of carbonyl (C=O) groups is 3. The number of amides is 1. The van der Waals surface area contributed by atoms with E-state index in [4.69, 9.17) is 4.74 Å². The van der Waals surface area contributed by atoms with Crippen LogP contribution in [0.1, 0.15) is 62.7 Å². The molecule has 32 heavy (non-hydrogen) atoms. The van der Waals surface area contributed by atoms with E-state index in [1.165, 1.54) is 23.4 Å². The summed E-state index contributed by atoms with van der Waals surface area (Å²) in [4.78, 5) is 38.7. The van der Waals surface area contributed by atoms with Gasteiger partial charge in [-0.05, 0) is 51.7 Å². The Balaban J connectivity index is 1.55. The van der Waals surface area contributed by atoms with Gasteiger partial charge in [0.05, 0.1) is 10.8 Å². The number of carbonyl (C=O) groups excluding carboxylic acids is 3. The summed E-state index contributed by atoms with van der Waals surface area (Å²) >= 11 is 0. The van der Waals surface area contributed by atoms with Crippen LogP contribution in [0.4, 0.5) is 0 Å². The van der Waals surface area contributed by atoms with Crippen LogP contribution in [-0.4, -0.2) is 67.6 Å². The quantitative estimate of drug-likeness (QED) is 0.474. The van der Waals surface area contributed by atoms with Crippen molar-refractivity contribution in [3.8, 4) is 0 Å². The maximum Gasteiger partial charge on any atom is 0.309 e. The number of esters is 1. The van der Waals surface area contributed by atoms with Crippen molar-refractivity contribution in [2.45, 2.75) is 63.4 Å². The minimum atomic E-state index is -3.75. The van der Waals surface area contributed by atoms with E-state index in [2.05, 4.69) is 0 Å². The van der Waals surface area contributed by atoms with E-state index in [0.29, 0.717) is 31.5 Å². The molecule has 2 aliphatic heterocycles. The van der Waals surface area contributed by atoms with Gasteiger partial charge in [-0.15, -0.1) is 0 Å². The highest BCUT2D eigenvalue weighted by atomic mass is 32.2. The summed E-state index contributed by atoms with van der Waals surface area (Å²) in [5.41, 5.74) is 0.340. The monoisotopic (exact) mass is 464 g/mol. The first-order valence-corrected chi connectivity index (χ1v) is 12.7. The van der Waals surface area contributed by atoms with Crippen LogP contribution in [0, 0.1) is 5.92 Å². The molecule has 176 valence electrons. The topological polar surface area (TPSA) is 101 Å². The summed E-state index contributed by atoms with van der Waals surface area (Å²) in [6.07, 6.45) is 3.97. The number of benzene rings is 1. The molecule has 9 heteroatoms. The fourth-order valence-electron chi connectivity index (χ4n) is 4.23. The standard InChI is InChI=1S/C23H32N2O6S/c1-17(26)20-8-7-9-21(16-20)32(29,30)25-14-10-19(11-15-25)23(28)31-18(2)22(27)24-12-5-3-4-6-13-24/h7-9,16,18-19H,3-6,10-15H2,1-2H3/t18-/m1/s1. The van der Waals surface area contributed by atoms with Crippen molar-refractivity contribution in [1.82, 2.24) is 9.21 Å². The molecule has 0 aliphatic carbocycles. The van der Waals surface area contributed by atoms with Gasteiger partial charge in [0.2, 0.25) is 10.0 Å². The highest BCUT2D eigenvalue weighted by Gasteiger charge is 2.34. The molecular weight excluding hydrogens is 432 g/mol. The molecular formula is C23H32N2O6S. The largest absolute Gasteiger partial charge is 0.452 e. The van der Waals surface area contributed by atoms with Crippen LogP contribution in [0.3, 0.4) is 0 Å². The first-order chi connectivity index (χ1) is 15.2. The minimum Gasteiger partial charge on any atom is -0.452 e. The van der Waals surface area contributed by atoms with Crippen LogP contribution in [0.5, 0.6) is 0 Å². The number of hydrogen-bond acceptors (Lipinski definition) is 6. The Morgan fingerprint density at radius 2 is 1.62 bits per heavy atom. The van der Waals surface area contributed by atoms with Gasteiger partial charge in [0, 0.05) is 31.7 Å². The first kappa shape index (κ1) is 24.4. The van der Waals surface area contributed by atoms with Gasteiger partial charge in [-0.1, -0.05) is 25.0 Å². The van der Waals surface area contributed by atoms with Gasteiger partial charge in [-0.25, -0.2) is 8.42 Å². The highest BCUT2D eigenvalue weighted by Crippen LogP contribution is 2.26. The van der Waals surface area contributed by atoms with E-state index in [-0.39, 0.29) is 29.7 Å². The van der Waals surface area contributed by atoms with Crippen molar-refractivity contribution in [2.24, 2.45) is 5.92 Å². The third kappa shape index (κ3) is 5.75. The lowest BCUT2D eigenvalue weighted by molar-refractivity contribution is -0.163. The fourth-order valence-corrected chi connectivity index (χ4v) is 5.74. The van der Waals surface area contributed by atoms with Gasteiger partial charge in [0.1, 0.15) is 0 Å². The predicted octanol–water partition coefficient (Wildman–Crippen LogP) is 2.62. The van der Waals surface area contributed by atoms with Crippen molar-refractivity contribution in [3.63, 3.8) is 0 Å². The molecule has 0 radical (unpaired) electrons. The van der Waals surface area contributed by atoms with E-state index in [0.717, 1.165) is 25.7 Å². The molecule has 1 aromatic rings. The second-order valence-corrected chi connectivity index (χ2v) is 10.5. The number of rotatable bonds is 6. The average Bonchev–Trinajstić information content (AvgIpc) is 3.08. The number of sulfonamides is 1. The van der Waals surface area contributed by atoms with Crippen molar-refractivity contribution in [1.29, 1.82) is 0 Å². The summed E-state index contributed by atoms with van der Waals surface area (Å²) in [6, 6.07) is 5.99. The summed E-state index contributed by atoms with van der Waals surface area (Å²) < 4.78 is 32.7. The molecule has 2 heterocycles. The van der Waals surface area contributed by atoms with Gasteiger partial charge < -0.3 is 9.64 Å². The number of hydrogen-bond donors (Lipinski definition) is 0. The first-order valence-electron chi connectivity index (χ1n) is 11.3. The van der Waals surface area contributed by atoms with E-state index in [1.807, 2.05) is 0 Å². The van der Waals surface area contributed by atoms with Gasteiger partial charge >= 0.3 is 5.97 Å². The van der Waals surface area contributed by atoms with Crippen LogP contribution in [0.15, 0.2) is 29.2 Å². The third-order valence-corrected chi connectivity index (χ3v) is 8.12. The number of Topliss-reactive ketones (excluding diaryl/α,β-unsaturated/α-hetero) is 1. The number of piperidine rings is 1. The summed E-state index contributed by atoms with van der Waals surface area (Å²) in [6.45, 7) is 4.75. The Bertz CT molecular complexity index is 945. The molecule has 0 spiro atoms. The predicted molar refractivity (Wildman–Crippen MR) is 119 cm³/mol. The molecule has 0 bridgehead atoms. The van der Waals surface area contributed by atoms with Crippen LogP contribution in [0.2, 0.25) is 0 Å². The van der Waals surface area contributed by atoms with Crippen molar-refractivity contribution >= 4 is 27.7 Å². The SMILES string of the molecule is CC(=O)c1cccc(S(=O)(=O)N2CCC(C(=O)O[C@H](C)C(=O)N3CCCCCC3)CC2)c1. The molecule has 0 N–H and O–H groups in total. The lowest BCUT2D eigenvalue weighted by Crippen LogP contribution is -2.43. The zero-order valence-corrected chi connectivity index (χ0v) is 19.6. The van der Waals surface area contributed by atoms with Crippen LogP contribution >= 0.6 is 0 Å². The summed E-state index contributed by atoms with van der Waals surface area (Å²) in [7, 11) is -3.75. The van der Waals surface area contributed by atoms with Crippen LogP contribution in [0.25, 0.3) is 0 Å². The minimum absolute atomic E-state index is 0.0721. The van der Waals surface area contributed by atoms with E-state index < -0.39 is 28.0 Å². The van der Waals surface area contributed by atoms with E-state index >= 15 is 0 Å². The molecule has 2 aliphatic rings. The molecule has 3 rings (SSSR count). The van der Waals surface area contributed by atoms with E-state index in [9.17, 15) is 22.8 Å². The Kier molecular flexibility index (Phi) is 8.05. The fraction of sp³-hybridized carbons (Fsp3) is 0.609. The second-order valence-electron chi connectivity index (χ2n) is 8.58. The van der Waals surface area contributed by atoms with Gasteiger partial charge in [0.25, 0.3) is 5.91 Å². The Morgan fingerprint density at radius 1 is 1.00 bits per heavy atom. The smallest absolute Gasteiger partial charge is 0.309 e. The normalized spacial score (nSPS) is 19.8. The van der Waals surface area contributed by atoms with Gasteiger partial charge in [0.15, 0.2) is 11.9 Å². The summed E-state index contributed by atoms with van der Waals surface area (Å²) in [5, 5.41) is 0. The molecule has 0 aromatic heterocycles. The molecule has 1 amide bonds. The second kappa shape index (κ2) is 10.6. The van der Waals surface area contributed by atoms with E-state index in [1.54, 1.807) is 24.0 Å². The van der Waals surface area contributed by atoms with Crippen molar-refractivity contribution < 1.29 is 27.5 Å². The maximum atomic E-state index is 13.0. The summed E-state index contributed by atoms with van der Waals surface area (Å²) in [5.74, 6) is -1.25. The maximum absolute atomic E-state index is 13.0.